The molecule has 0 saturated heterocycles. The predicted octanol–water partition coefficient (Wildman–Crippen LogP) is 6.40. The molecule has 0 amide bonds. The topological polar surface area (TPSA) is 62.5 Å². The first-order valence-corrected chi connectivity index (χ1v) is 14.9. The quantitative estimate of drug-likeness (QED) is 0.163. The molecule has 0 spiro atoms. The molecule has 0 aliphatic carbocycles. The molecule has 0 fully saturated rings. The minimum Gasteiger partial charge on any atom is -0.334 e. The van der Waals surface area contributed by atoms with Gasteiger partial charge in [0.25, 0.3) is 10.1 Å². The van der Waals surface area contributed by atoms with E-state index in [9.17, 15) is 8.42 Å². The van der Waals surface area contributed by atoms with Crippen LogP contribution in [0, 0.1) is 0 Å². The van der Waals surface area contributed by atoms with Crippen LogP contribution in [0.5, 0.6) is 0 Å². The van der Waals surface area contributed by atoms with E-state index in [2.05, 4.69) is 79.2 Å². The number of aryl methyl sites for hydroxylation is 1. The smallest absolute Gasteiger partial charge is 0.264 e. The second-order valence-corrected chi connectivity index (χ2v) is 13.3. The number of fused-ring (bicyclic) bond motifs is 2. The van der Waals surface area contributed by atoms with Crippen molar-refractivity contribution in [3.8, 4) is 0 Å². The van der Waals surface area contributed by atoms with E-state index < -0.39 is 10.1 Å². The van der Waals surface area contributed by atoms with Crippen molar-refractivity contribution < 1.29 is 17.5 Å². The van der Waals surface area contributed by atoms with Crippen LogP contribution in [-0.4, -0.2) is 62.0 Å². The van der Waals surface area contributed by atoms with Gasteiger partial charge in [0.1, 0.15) is 0 Å². The first-order valence-electron chi connectivity index (χ1n) is 11.7. The molecule has 0 atom stereocenters. The van der Waals surface area contributed by atoms with Gasteiger partial charge in [-0.15, -0.1) is 17.0 Å². The molecular weight excluding hydrogens is 578 g/mol. The fourth-order valence-electron chi connectivity index (χ4n) is 4.14. The molecule has 1 aliphatic rings. The number of aromatic nitrogens is 1. The molecule has 0 bridgehead atoms. The number of rotatable bonds is 10. The Labute approximate surface area is 233 Å². The van der Waals surface area contributed by atoms with Crippen LogP contribution >= 0.6 is 40.1 Å². The second kappa shape index (κ2) is 12.2. The lowest BCUT2D eigenvalue weighted by Gasteiger charge is -2.23. The maximum atomic E-state index is 11.2. The Hall–Kier alpha value is -1.69. The molecule has 1 aliphatic heterocycles. The fraction of sp³-hybridized carbons (Fsp3) is 0.346. The Morgan fingerprint density at radius 1 is 1.03 bits per heavy atom. The van der Waals surface area contributed by atoms with Gasteiger partial charge >= 0.3 is 0 Å². The van der Waals surface area contributed by atoms with Crippen molar-refractivity contribution in [3.05, 3.63) is 70.7 Å². The van der Waals surface area contributed by atoms with Crippen molar-refractivity contribution in [2.24, 2.45) is 0 Å². The van der Waals surface area contributed by atoms with Gasteiger partial charge in [0.2, 0.25) is 0 Å². The van der Waals surface area contributed by atoms with Crippen molar-refractivity contribution in [2.45, 2.75) is 24.3 Å². The molecule has 194 valence electrons. The summed E-state index contributed by atoms with van der Waals surface area (Å²) in [7, 11) is 2.71. The molecule has 10 heteroatoms. The Kier molecular flexibility index (Phi) is 9.81. The fourth-order valence-corrected chi connectivity index (χ4v) is 6.83. The highest BCUT2D eigenvalue weighted by atomic mass is 79.9. The SMILES string of the molecule is Br.C[N+](C)(C)CCCn1c2ccccc2s[c+]1C=CC=C1Sc2ccccc2N1CCCS(=O)(=O)O. The molecule has 6 nitrogen and oxygen atoms in total. The normalized spacial score (nSPS) is 15.1. The van der Waals surface area contributed by atoms with Gasteiger partial charge in [0, 0.05) is 42.1 Å². The van der Waals surface area contributed by atoms with Gasteiger partial charge in [-0.05, 0) is 42.0 Å². The first kappa shape index (κ1) is 28.9. The average Bonchev–Trinajstić information content (AvgIpc) is 3.30. The maximum absolute atomic E-state index is 11.2. The van der Waals surface area contributed by atoms with Crippen molar-refractivity contribution in [3.63, 3.8) is 0 Å². The molecule has 2 heterocycles. The number of thiazole rings is 1. The number of quaternary nitrogens is 1. The largest absolute Gasteiger partial charge is 0.334 e. The summed E-state index contributed by atoms with van der Waals surface area (Å²) in [6.07, 6.45) is 7.81. The summed E-state index contributed by atoms with van der Waals surface area (Å²) in [6, 6.07) is 16.7. The number of nitrogens with zero attached hydrogens (tertiary/aromatic N) is 3. The monoisotopic (exact) mass is 611 g/mol. The zero-order valence-electron chi connectivity index (χ0n) is 20.8. The van der Waals surface area contributed by atoms with E-state index in [1.54, 1.807) is 23.1 Å². The summed E-state index contributed by atoms with van der Waals surface area (Å²) in [6.45, 7) is 2.60. The average molecular weight is 613 g/mol. The van der Waals surface area contributed by atoms with Crippen LogP contribution in [0.4, 0.5) is 5.69 Å². The van der Waals surface area contributed by atoms with Crippen LogP contribution in [0.1, 0.15) is 17.8 Å². The summed E-state index contributed by atoms with van der Waals surface area (Å²) in [5.74, 6) is -0.242. The lowest BCUT2D eigenvalue weighted by Crippen LogP contribution is -2.35. The Morgan fingerprint density at radius 2 is 1.75 bits per heavy atom. The zero-order chi connectivity index (χ0) is 25.1. The van der Waals surface area contributed by atoms with E-state index in [4.69, 9.17) is 4.55 Å². The molecule has 0 saturated carbocycles. The number of hydrogen-bond acceptors (Lipinski definition) is 5. The molecule has 4 rings (SSSR count). The van der Waals surface area contributed by atoms with Gasteiger partial charge in [0.05, 0.1) is 56.8 Å². The van der Waals surface area contributed by atoms with E-state index >= 15 is 0 Å². The van der Waals surface area contributed by atoms with Crippen molar-refractivity contribution in [1.29, 1.82) is 0 Å². The Morgan fingerprint density at radius 3 is 2.50 bits per heavy atom. The summed E-state index contributed by atoms with van der Waals surface area (Å²) >= 11 is 3.48. The number of hydrogen-bond donors (Lipinski definition) is 1. The highest BCUT2D eigenvalue weighted by Gasteiger charge is 2.25. The number of para-hydroxylation sites is 2. The number of benzene rings is 2. The van der Waals surface area contributed by atoms with Crippen molar-refractivity contribution in [2.75, 3.05) is 44.9 Å². The lowest BCUT2D eigenvalue weighted by molar-refractivity contribution is -0.870. The lowest BCUT2D eigenvalue weighted by atomic mass is 10.3. The van der Waals surface area contributed by atoms with Crippen LogP contribution in [0.25, 0.3) is 16.3 Å². The highest BCUT2D eigenvalue weighted by Crippen LogP contribution is 2.45. The zero-order valence-corrected chi connectivity index (χ0v) is 25.0. The van der Waals surface area contributed by atoms with Gasteiger partial charge in [-0.3, -0.25) is 4.55 Å². The number of thioether (sulfide) groups is 1. The molecule has 1 aromatic heterocycles. The minimum atomic E-state index is -3.97. The number of anilines is 1. The van der Waals surface area contributed by atoms with E-state index in [1.807, 2.05) is 18.2 Å². The minimum absolute atomic E-state index is 0. The van der Waals surface area contributed by atoms with Crippen LogP contribution < -0.4 is 4.90 Å². The molecule has 1 N–H and O–H groups in total. The Balaban J connectivity index is 0.00000361. The summed E-state index contributed by atoms with van der Waals surface area (Å²) in [5.41, 5.74) is 2.34. The summed E-state index contributed by atoms with van der Waals surface area (Å²) in [4.78, 5) is 3.28. The van der Waals surface area contributed by atoms with Crippen LogP contribution in [0.3, 0.4) is 0 Å². The van der Waals surface area contributed by atoms with E-state index in [0.29, 0.717) is 13.0 Å². The van der Waals surface area contributed by atoms with Gasteiger partial charge < -0.3 is 9.38 Å². The van der Waals surface area contributed by atoms with Crippen LogP contribution in [0.2, 0.25) is 0 Å². The van der Waals surface area contributed by atoms with Crippen molar-refractivity contribution in [1.82, 2.24) is 4.57 Å². The third-order valence-electron chi connectivity index (χ3n) is 5.75. The van der Waals surface area contributed by atoms with Gasteiger partial charge in [0.15, 0.2) is 15.2 Å². The summed E-state index contributed by atoms with van der Waals surface area (Å²) < 4.78 is 36.2. The standard InChI is InChI=1S/C26H32N3O3S3.BrH/c1-29(2,3)19-9-17-27-21-11-4-6-13-23(21)33-25(27)15-8-16-26-28(18-10-20-35(30,31)32)22-12-5-7-14-24(22)34-26;/h4-8,11-16H,9-10,17-20H2,1-3H3;1H/q+1;/p+1. The highest BCUT2D eigenvalue weighted by molar-refractivity contribution is 8.93. The van der Waals surface area contributed by atoms with E-state index in [1.165, 1.54) is 15.2 Å². The van der Waals surface area contributed by atoms with Crippen molar-refractivity contribution >= 4 is 72.2 Å². The first-order chi connectivity index (χ1) is 16.6. The third-order valence-corrected chi connectivity index (χ3v) is 8.81. The van der Waals surface area contributed by atoms with Gasteiger partial charge in [-0.1, -0.05) is 23.9 Å². The number of allylic oxidation sites excluding steroid dienone is 2. The molecule has 0 radical (unpaired) electrons. The molecule has 36 heavy (non-hydrogen) atoms. The predicted molar refractivity (Wildman–Crippen MR) is 160 cm³/mol. The molecule has 2 aromatic carbocycles. The molecule has 0 unspecified atom stereocenters. The van der Waals surface area contributed by atoms with Gasteiger partial charge in [-0.2, -0.15) is 8.42 Å². The Bertz CT molecular complexity index is 1360. The molecular formula is C26H34BrN3O3S3+2. The summed E-state index contributed by atoms with van der Waals surface area (Å²) in [5, 5.41) is 2.26. The van der Waals surface area contributed by atoms with Crippen LogP contribution in [-0.2, 0) is 16.7 Å². The maximum Gasteiger partial charge on any atom is 0.264 e. The third kappa shape index (κ3) is 7.66. The van der Waals surface area contributed by atoms with E-state index in [0.717, 1.165) is 39.6 Å². The van der Waals surface area contributed by atoms with Crippen LogP contribution in [0.15, 0.2) is 70.6 Å². The van der Waals surface area contributed by atoms with Gasteiger partial charge in [-0.25, -0.2) is 4.57 Å². The second-order valence-electron chi connectivity index (χ2n) is 9.65. The number of halogens is 1. The van der Waals surface area contributed by atoms with E-state index in [-0.39, 0.29) is 22.7 Å². The molecule has 3 aromatic rings.